The lowest BCUT2D eigenvalue weighted by molar-refractivity contribution is 0.601. The van der Waals surface area contributed by atoms with Crippen molar-refractivity contribution < 1.29 is 8.42 Å². The molecule has 0 aliphatic rings. The Balaban J connectivity index is 2.38. The number of rotatable bonds is 3. The Kier molecular flexibility index (Phi) is 4.13. The van der Waals surface area contributed by atoms with Crippen molar-refractivity contribution in [3.05, 3.63) is 52.0 Å². The minimum atomic E-state index is -3.72. The van der Waals surface area contributed by atoms with Crippen LogP contribution in [0, 0.1) is 6.92 Å². The third kappa shape index (κ3) is 3.17. The molecule has 0 bridgehead atoms. The van der Waals surface area contributed by atoms with Crippen molar-refractivity contribution in [1.29, 1.82) is 0 Å². The normalized spacial score (nSPS) is 11.3. The number of hydrogen-bond acceptors (Lipinski definition) is 3. The number of hydrogen-bond donors (Lipinski definition) is 2. The minimum absolute atomic E-state index is 0.0498. The second-order valence-electron chi connectivity index (χ2n) is 4.25. The maximum atomic E-state index is 12.3. The van der Waals surface area contributed by atoms with Gasteiger partial charge in [-0.1, -0.05) is 23.2 Å². The molecule has 0 saturated heterocycles. The predicted octanol–water partition coefficient (Wildman–Crippen LogP) is 3.68. The number of halogens is 2. The van der Waals surface area contributed by atoms with Crippen LogP contribution >= 0.6 is 23.2 Å². The Hall–Kier alpha value is -1.43. The van der Waals surface area contributed by atoms with Crippen LogP contribution in [0.15, 0.2) is 41.3 Å². The van der Waals surface area contributed by atoms with Gasteiger partial charge in [-0.3, -0.25) is 4.72 Å². The zero-order chi connectivity index (χ0) is 14.9. The molecule has 106 valence electrons. The zero-order valence-electron chi connectivity index (χ0n) is 10.5. The highest BCUT2D eigenvalue weighted by molar-refractivity contribution is 7.92. The topological polar surface area (TPSA) is 72.2 Å². The van der Waals surface area contributed by atoms with Crippen LogP contribution in [0.4, 0.5) is 11.4 Å². The first-order valence-electron chi connectivity index (χ1n) is 5.63. The smallest absolute Gasteiger partial charge is 0.261 e. The first-order valence-corrected chi connectivity index (χ1v) is 7.87. The van der Waals surface area contributed by atoms with E-state index in [0.717, 1.165) is 5.56 Å². The minimum Gasteiger partial charge on any atom is -0.397 e. The van der Waals surface area contributed by atoms with E-state index in [1.807, 2.05) is 0 Å². The summed E-state index contributed by atoms with van der Waals surface area (Å²) in [7, 11) is -3.72. The van der Waals surface area contributed by atoms with Gasteiger partial charge in [0.25, 0.3) is 10.0 Å². The van der Waals surface area contributed by atoms with Crippen molar-refractivity contribution in [1.82, 2.24) is 0 Å². The molecule has 4 nitrogen and oxygen atoms in total. The molecule has 20 heavy (non-hydrogen) atoms. The highest BCUT2D eigenvalue weighted by Crippen LogP contribution is 2.26. The first kappa shape index (κ1) is 15.0. The van der Waals surface area contributed by atoms with Gasteiger partial charge in [-0.2, -0.15) is 0 Å². The Labute approximate surface area is 127 Å². The molecule has 7 heteroatoms. The summed E-state index contributed by atoms with van der Waals surface area (Å²) in [6, 6.07) is 9.05. The molecule has 0 aromatic heterocycles. The van der Waals surface area contributed by atoms with Gasteiger partial charge in [0.2, 0.25) is 0 Å². The SMILES string of the molecule is Cc1cc(Cl)ccc1NS(=O)(=O)c1ccc(Cl)c(N)c1. The number of anilines is 2. The molecule has 0 aliphatic carbocycles. The molecule has 0 amide bonds. The number of benzene rings is 2. The molecule has 0 saturated carbocycles. The van der Waals surface area contributed by atoms with Crippen molar-refractivity contribution in [3.8, 4) is 0 Å². The van der Waals surface area contributed by atoms with Gasteiger partial charge in [-0.05, 0) is 48.9 Å². The van der Waals surface area contributed by atoms with Crippen molar-refractivity contribution in [2.24, 2.45) is 0 Å². The summed E-state index contributed by atoms with van der Waals surface area (Å²) in [6.45, 7) is 1.76. The fourth-order valence-electron chi connectivity index (χ4n) is 1.63. The lowest BCUT2D eigenvalue weighted by atomic mass is 10.2. The Bertz CT molecular complexity index is 761. The van der Waals surface area contributed by atoms with Crippen LogP contribution in [0.5, 0.6) is 0 Å². The molecular weight excluding hydrogens is 319 g/mol. The highest BCUT2D eigenvalue weighted by Gasteiger charge is 2.16. The Morgan fingerprint density at radius 3 is 2.40 bits per heavy atom. The predicted molar refractivity (Wildman–Crippen MR) is 82.9 cm³/mol. The van der Waals surface area contributed by atoms with Gasteiger partial charge in [0.1, 0.15) is 0 Å². The lowest BCUT2D eigenvalue weighted by Crippen LogP contribution is -2.14. The Morgan fingerprint density at radius 2 is 1.80 bits per heavy atom. The molecule has 2 rings (SSSR count). The molecule has 0 atom stereocenters. The molecule has 0 heterocycles. The van der Waals surface area contributed by atoms with E-state index in [4.69, 9.17) is 28.9 Å². The van der Waals surface area contributed by atoms with Crippen molar-refractivity contribution in [3.63, 3.8) is 0 Å². The number of sulfonamides is 1. The molecule has 0 aliphatic heterocycles. The van der Waals surface area contributed by atoms with E-state index in [0.29, 0.717) is 15.7 Å². The van der Waals surface area contributed by atoms with Gasteiger partial charge in [-0.25, -0.2) is 8.42 Å². The molecule has 2 aromatic rings. The van der Waals surface area contributed by atoms with Gasteiger partial charge in [-0.15, -0.1) is 0 Å². The summed E-state index contributed by atoms with van der Waals surface area (Å²) in [4.78, 5) is 0.0498. The summed E-state index contributed by atoms with van der Waals surface area (Å²) in [5, 5.41) is 0.854. The summed E-state index contributed by atoms with van der Waals surface area (Å²) in [5.41, 5.74) is 7.02. The summed E-state index contributed by atoms with van der Waals surface area (Å²) < 4.78 is 27.0. The van der Waals surface area contributed by atoms with Gasteiger partial charge < -0.3 is 5.73 Å². The van der Waals surface area contributed by atoms with Crippen LogP contribution < -0.4 is 10.5 Å². The molecule has 0 fully saturated rings. The Morgan fingerprint density at radius 1 is 1.10 bits per heavy atom. The monoisotopic (exact) mass is 330 g/mol. The second kappa shape index (κ2) is 5.52. The van der Waals surface area contributed by atoms with E-state index in [2.05, 4.69) is 4.72 Å². The van der Waals surface area contributed by atoms with Crippen LogP contribution in [0.3, 0.4) is 0 Å². The summed E-state index contributed by atoms with van der Waals surface area (Å²) >= 11 is 11.6. The number of nitrogens with one attached hydrogen (secondary N) is 1. The quantitative estimate of drug-likeness (QED) is 0.843. The third-order valence-corrected chi connectivity index (χ3v) is 4.65. The third-order valence-electron chi connectivity index (χ3n) is 2.71. The maximum absolute atomic E-state index is 12.3. The van der Waals surface area contributed by atoms with E-state index in [1.165, 1.54) is 18.2 Å². The molecule has 2 aromatic carbocycles. The number of aryl methyl sites for hydroxylation is 1. The highest BCUT2D eigenvalue weighted by atomic mass is 35.5. The fraction of sp³-hybridized carbons (Fsp3) is 0.0769. The largest absolute Gasteiger partial charge is 0.397 e. The molecule has 0 unspecified atom stereocenters. The lowest BCUT2D eigenvalue weighted by Gasteiger charge is -2.11. The molecule has 3 N–H and O–H groups in total. The maximum Gasteiger partial charge on any atom is 0.261 e. The van der Waals surface area contributed by atoms with E-state index >= 15 is 0 Å². The molecular formula is C13H12Cl2N2O2S. The van der Waals surface area contributed by atoms with Gasteiger partial charge >= 0.3 is 0 Å². The van der Waals surface area contributed by atoms with Crippen molar-refractivity contribution in [2.45, 2.75) is 11.8 Å². The van der Waals surface area contributed by atoms with Crippen LogP contribution in [0.1, 0.15) is 5.56 Å². The van der Waals surface area contributed by atoms with Gasteiger partial charge in [0.05, 0.1) is 21.3 Å². The van der Waals surface area contributed by atoms with Crippen LogP contribution in [-0.2, 0) is 10.0 Å². The zero-order valence-corrected chi connectivity index (χ0v) is 12.9. The van der Waals surface area contributed by atoms with E-state index in [-0.39, 0.29) is 10.6 Å². The second-order valence-corrected chi connectivity index (χ2v) is 6.77. The van der Waals surface area contributed by atoms with Crippen LogP contribution in [-0.4, -0.2) is 8.42 Å². The van der Waals surface area contributed by atoms with E-state index in [1.54, 1.807) is 25.1 Å². The number of nitrogens with two attached hydrogens (primary N) is 1. The standard InChI is InChI=1S/C13H12Cl2N2O2S/c1-8-6-9(14)2-5-13(8)17-20(18,19)10-3-4-11(15)12(16)7-10/h2-7,17H,16H2,1H3. The average molecular weight is 331 g/mol. The molecule has 0 radical (unpaired) electrons. The van der Waals surface area contributed by atoms with E-state index < -0.39 is 10.0 Å². The summed E-state index contributed by atoms with van der Waals surface area (Å²) in [5.74, 6) is 0. The van der Waals surface area contributed by atoms with Crippen LogP contribution in [0.25, 0.3) is 0 Å². The summed E-state index contributed by atoms with van der Waals surface area (Å²) in [6.07, 6.45) is 0. The average Bonchev–Trinajstić information content (AvgIpc) is 2.36. The first-order chi connectivity index (χ1) is 9.29. The molecule has 0 spiro atoms. The van der Waals surface area contributed by atoms with Gasteiger partial charge in [0.15, 0.2) is 0 Å². The van der Waals surface area contributed by atoms with Crippen molar-refractivity contribution in [2.75, 3.05) is 10.5 Å². The van der Waals surface area contributed by atoms with Crippen molar-refractivity contribution >= 4 is 44.6 Å². The number of nitrogen functional groups attached to an aromatic ring is 1. The fourth-order valence-corrected chi connectivity index (χ4v) is 3.14. The van der Waals surface area contributed by atoms with E-state index in [9.17, 15) is 8.42 Å². The van der Waals surface area contributed by atoms with Gasteiger partial charge in [0, 0.05) is 5.02 Å². The van der Waals surface area contributed by atoms with Crippen LogP contribution in [0.2, 0.25) is 10.0 Å².